The van der Waals surface area contributed by atoms with Crippen molar-refractivity contribution < 1.29 is 4.79 Å². The highest BCUT2D eigenvalue weighted by Crippen LogP contribution is 2.19. The number of carbonyl (C=O) groups is 1. The monoisotopic (exact) mass is 267 g/mol. The highest BCUT2D eigenvalue weighted by molar-refractivity contribution is 5.73. The number of hydrogen-bond donors (Lipinski definition) is 0. The summed E-state index contributed by atoms with van der Waals surface area (Å²) in [5.74, 6) is 0.151. The summed E-state index contributed by atoms with van der Waals surface area (Å²) in [7, 11) is 6.13. The number of amides is 1. The largest absolute Gasteiger partial charge is 0.339 e. The summed E-state index contributed by atoms with van der Waals surface area (Å²) < 4.78 is 0. The molecule has 1 aliphatic heterocycles. The fourth-order valence-electron chi connectivity index (χ4n) is 2.61. The van der Waals surface area contributed by atoms with E-state index in [0.717, 1.165) is 39.0 Å². The van der Waals surface area contributed by atoms with Gasteiger partial charge in [-0.15, -0.1) is 0 Å². The van der Waals surface area contributed by atoms with Crippen molar-refractivity contribution in [2.45, 2.75) is 32.7 Å². The lowest BCUT2D eigenvalue weighted by atomic mass is 9.98. The van der Waals surface area contributed by atoms with Crippen molar-refractivity contribution in [1.82, 2.24) is 14.7 Å². The second kappa shape index (κ2) is 7.65. The molecule has 0 bridgehead atoms. The van der Waals surface area contributed by atoms with Crippen molar-refractivity contribution in [2.24, 2.45) is 0 Å². The number of hydrogen-bond acceptors (Lipinski definition) is 3. The summed E-state index contributed by atoms with van der Waals surface area (Å²) in [6.45, 7) is 8.14. The van der Waals surface area contributed by atoms with Gasteiger partial charge in [0.2, 0.25) is 5.91 Å². The van der Waals surface area contributed by atoms with Gasteiger partial charge in [0.25, 0.3) is 0 Å². The number of rotatable bonds is 6. The smallest absolute Gasteiger partial charge is 0.219 e. The molecule has 1 atom stereocenters. The molecule has 0 fully saturated rings. The van der Waals surface area contributed by atoms with Crippen LogP contribution in [0.1, 0.15) is 26.7 Å². The normalized spacial score (nSPS) is 18.3. The fraction of sp³-hybridized carbons (Fsp3) is 0.800. The molecule has 1 heterocycles. The summed E-state index contributed by atoms with van der Waals surface area (Å²) in [4.78, 5) is 18.1. The Labute approximate surface area is 118 Å². The third-order valence-electron chi connectivity index (χ3n) is 3.90. The van der Waals surface area contributed by atoms with Crippen LogP contribution in [-0.2, 0) is 4.79 Å². The van der Waals surface area contributed by atoms with Gasteiger partial charge >= 0.3 is 0 Å². The lowest BCUT2D eigenvalue weighted by Crippen LogP contribution is -2.43. The molecule has 4 heteroatoms. The van der Waals surface area contributed by atoms with Crippen LogP contribution in [0, 0.1) is 0 Å². The van der Waals surface area contributed by atoms with E-state index in [1.54, 1.807) is 6.92 Å². The molecular weight excluding hydrogens is 238 g/mol. The Balaban J connectivity index is 2.61. The van der Waals surface area contributed by atoms with Crippen LogP contribution in [0.4, 0.5) is 0 Å². The van der Waals surface area contributed by atoms with Crippen LogP contribution in [0.3, 0.4) is 0 Å². The first-order valence-corrected chi connectivity index (χ1v) is 7.25. The van der Waals surface area contributed by atoms with Crippen molar-refractivity contribution in [1.29, 1.82) is 0 Å². The lowest BCUT2D eigenvalue weighted by Gasteiger charge is -2.35. The Bertz CT molecular complexity index is 325. The van der Waals surface area contributed by atoms with Crippen molar-refractivity contribution in [3.63, 3.8) is 0 Å². The maximum Gasteiger partial charge on any atom is 0.219 e. The molecule has 0 aromatic heterocycles. The second-order valence-electron chi connectivity index (χ2n) is 5.70. The van der Waals surface area contributed by atoms with Gasteiger partial charge < -0.3 is 9.80 Å². The van der Waals surface area contributed by atoms with Crippen molar-refractivity contribution in [3.8, 4) is 0 Å². The quantitative estimate of drug-likeness (QED) is 0.681. The van der Waals surface area contributed by atoms with Crippen molar-refractivity contribution >= 4 is 5.91 Å². The molecule has 110 valence electrons. The van der Waals surface area contributed by atoms with Crippen LogP contribution in [0.15, 0.2) is 11.6 Å². The predicted octanol–water partition coefficient (Wildman–Crippen LogP) is 1.44. The summed E-state index contributed by atoms with van der Waals surface area (Å²) >= 11 is 0. The Kier molecular flexibility index (Phi) is 6.52. The standard InChI is InChI=1S/C15H29N3O/c1-6-15(17(5)13(2)19)14-8-7-9-18(12-14)11-10-16(3)4/h8,15H,6-7,9-12H2,1-5H3. The van der Waals surface area contributed by atoms with Gasteiger partial charge in [0, 0.05) is 40.2 Å². The molecule has 0 aliphatic carbocycles. The Morgan fingerprint density at radius 1 is 1.42 bits per heavy atom. The summed E-state index contributed by atoms with van der Waals surface area (Å²) in [6, 6.07) is 0.264. The van der Waals surface area contributed by atoms with Gasteiger partial charge in [-0.25, -0.2) is 0 Å². The number of nitrogens with zero attached hydrogens (tertiary/aromatic N) is 3. The van der Waals surface area contributed by atoms with E-state index in [4.69, 9.17) is 0 Å². The average molecular weight is 267 g/mol. The molecule has 1 amide bonds. The summed E-state index contributed by atoms with van der Waals surface area (Å²) in [5, 5.41) is 0. The molecule has 4 nitrogen and oxygen atoms in total. The molecule has 0 aromatic rings. The maximum atomic E-state index is 11.6. The first-order valence-electron chi connectivity index (χ1n) is 7.25. The van der Waals surface area contributed by atoms with Crippen LogP contribution < -0.4 is 0 Å². The van der Waals surface area contributed by atoms with Gasteiger partial charge in [0.1, 0.15) is 0 Å². The van der Waals surface area contributed by atoms with Gasteiger partial charge in [-0.05, 0) is 32.5 Å². The molecule has 0 spiro atoms. The molecular formula is C15H29N3O. The first kappa shape index (κ1) is 16.2. The van der Waals surface area contributed by atoms with E-state index in [-0.39, 0.29) is 11.9 Å². The van der Waals surface area contributed by atoms with Crippen LogP contribution in [0.2, 0.25) is 0 Å². The number of likely N-dealkylation sites (N-methyl/N-ethyl adjacent to an activating group) is 2. The minimum absolute atomic E-state index is 0.151. The number of carbonyl (C=O) groups excluding carboxylic acids is 1. The molecule has 0 saturated heterocycles. The Morgan fingerprint density at radius 3 is 2.63 bits per heavy atom. The van der Waals surface area contributed by atoms with E-state index in [2.05, 4.69) is 36.9 Å². The van der Waals surface area contributed by atoms with Gasteiger partial charge in [-0.2, -0.15) is 0 Å². The SMILES string of the molecule is CCC(C1=CCCN(CCN(C)C)C1)N(C)C(C)=O. The zero-order valence-corrected chi connectivity index (χ0v) is 13.1. The molecule has 0 saturated carbocycles. The molecule has 19 heavy (non-hydrogen) atoms. The topological polar surface area (TPSA) is 26.8 Å². The summed E-state index contributed by atoms with van der Waals surface area (Å²) in [5.41, 5.74) is 1.41. The Hall–Kier alpha value is -0.870. The van der Waals surface area contributed by atoms with Crippen LogP contribution >= 0.6 is 0 Å². The van der Waals surface area contributed by atoms with E-state index >= 15 is 0 Å². The highest BCUT2D eigenvalue weighted by Gasteiger charge is 2.23. The van der Waals surface area contributed by atoms with E-state index in [1.165, 1.54) is 5.57 Å². The van der Waals surface area contributed by atoms with Gasteiger partial charge in [0.15, 0.2) is 0 Å². The lowest BCUT2D eigenvalue weighted by molar-refractivity contribution is -0.129. The van der Waals surface area contributed by atoms with E-state index in [1.807, 2.05) is 11.9 Å². The zero-order chi connectivity index (χ0) is 14.4. The first-order chi connectivity index (χ1) is 8.95. The van der Waals surface area contributed by atoms with E-state index < -0.39 is 0 Å². The molecule has 0 N–H and O–H groups in total. The summed E-state index contributed by atoms with van der Waals surface area (Å²) in [6.07, 6.45) is 4.42. The van der Waals surface area contributed by atoms with Crippen molar-refractivity contribution in [3.05, 3.63) is 11.6 Å². The predicted molar refractivity (Wildman–Crippen MR) is 80.2 cm³/mol. The molecule has 0 radical (unpaired) electrons. The minimum atomic E-state index is 0.151. The third kappa shape index (κ3) is 4.96. The molecule has 0 aromatic carbocycles. The zero-order valence-electron chi connectivity index (χ0n) is 13.1. The third-order valence-corrected chi connectivity index (χ3v) is 3.90. The molecule has 1 rings (SSSR count). The van der Waals surface area contributed by atoms with E-state index in [9.17, 15) is 4.79 Å². The average Bonchev–Trinajstić information content (AvgIpc) is 2.37. The van der Waals surface area contributed by atoms with Crippen LogP contribution in [0.5, 0.6) is 0 Å². The van der Waals surface area contributed by atoms with Crippen LogP contribution in [0.25, 0.3) is 0 Å². The highest BCUT2D eigenvalue weighted by atomic mass is 16.2. The Morgan fingerprint density at radius 2 is 2.11 bits per heavy atom. The molecule has 1 unspecified atom stereocenters. The van der Waals surface area contributed by atoms with Gasteiger partial charge in [-0.1, -0.05) is 13.0 Å². The minimum Gasteiger partial charge on any atom is -0.339 e. The fourth-order valence-corrected chi connectivity index (χ4v) is 2.61. The maximum absolute atomic E-state index is 11.6. The second-order valence-corrected chi connectivity index (χ2v) is 5.70. The van der Waals surface area contributed by atoms with Crippen LogP contribution in [-0.4, -0.2) is 74.0 Å². The van der Waals surface area contributed by atoms with E-state index in [0.29, 0.717) is 0 Å². The van der Waals surface area contributed by atoms with Gasteiger partial charge in [-0.3, -0.25) is 9.69 Å². The van der Waals surface area contributed by atoms with Gasteiger partial charge in [0.05, 0.1) is 6.04 Å². The molecule has 1 aliphatic rings. The van der Waals surface area contributed by atoms with Crippen molar-refractivity contribution in [2.75, 3.05) is 47.3 Å².